The van der Waals surface area contributed by atoms with Crippen molar-refractivity contribution < 1.29 is 117 Å². The van der Waals surface area contributed by atoms with E-state index in [0.717, 1.165) is 64.2 Å². The maximum atomic E-state index is 14.0. The van der Waals surface area contributed by atoms with Gasteiger partial charge in [-0.05, 0) is 66.7 Å². The summed E-state index contributed by atoms with van der Waals surface area (Å²) in [7, 11) is 0. The zero-order chi connectivity index (χ0) is 58.7. The molecule has 8 N–H and O–H groups in total. The van der Waals surface area contributed by atoms with Crippen molar-refractivity contribution in [2.75, 3.05) is 0 Å². The van der Waals surface area contributed by atoms with Crippen molar-refractivity contribution in [2.24, 2.45) is 11.8 Å². The van der Waals surface area contributed by atoms with Gasteiger partial charge in [0.05, 0.1) is 48.5 Å². The predicted octanol–water partition coefficient (Wildman–Crippen LogP) is 2.46. The lowest BCUT2D eigenvalue weighted by Gasteiger charge is -2.51. The van der Waals surface area contributed by atoms with Crippen molar-refractivity contribution in [1.82, 2.24) is 0 Å². The summed E-state index contributed by atoms with van der Waals surface area (Å²) in [5, 5.41) is 91.3. The minimum absolute atomic E-state index is 0.0244. The smallest absolute Gasteiger partial charge is 0.309 e. The molecule has 28 atom stereocenters. The number of fused-ring (bicyclic) bond motifs is 2. The fraction of sp³-hybridized carbons (Fsp3) is 0.946. The molecular formula is C56H96O24. The topological polar surface area (TPSA) is 333 Å². The Morgan fingerprint density at radius 2 is 0.963 bits per heavy atom. The number of carbonyl (C=O) groups excluding carboxylic acids is 3. The summed E-state index contributed by atoms with van der Waals surface area (Å²) < 4.78 is 81.6. The van der Waals surface area contributed by atoms with Crippen LogP contribution in [0.15, 0.2) is 0 Å². The van der Waals surface area contributed by atoms with Crippen LogP contribution in [0.2, 0.25) is 0 Å². The van der Waals surface area contributed by atoms with Crippen LogP contribution in [0.5, 0.6) is 0 Å². The molecule has 0 aromatic heterocycles. The first-order chi connectivity index (χ1) is 38.0. The fourth-order valence-electron chi connectivity index (χ4n) is 10.9. The number of hydrogen-bond acceptors (Lipinski definition) is 24. The highest BCUT2D eigenvalue weighted by atomic mass is 16.8. The molecule has 24 heteroatoms. The second kappa shape index (κ2) is 31.2. The Morgan fingerprint density at radius 1 is 0.475 bits per heavy atom. The molecule has 0 bridgehead atoms. The molecule has 6 aliphatic rings. The molecule has 464 valence electrons. The van der Waals surface area contributed by atoms with E-state index in [9.17, 15) is 55.2 Å². The Balaban J connectivity index is 1.35. The van der Waals surface area contributed by atoms with Gasteiger partial charge >= 0.3 is 17.9 Å². The zero-order valence-electron chi connectivity index (χ0n) is 48.4. The molecule has 6 heterocycles. The summed E-state index contributed by atoms with van der Waals surface area (Å²) in [6.45, 7) is 16.5. The summed E-state index contributed by atoms with van der Waals surface area (Å²) in [4.78, 5) is 40.7. The second-order valence-corrected chi connectivity index (χ2v) is 23.0. The number of ether oxygens (including phenoxy) is 13. The monoisotopic (exact) mass is 1150 g/mol. The lowest BCUT2D eigenvalue weighted by Crippen LogP contribution is -2.68. The summed E-state index contributed by atoms with van der Waals surface area (Å²) >= 11 is 0. The van der Waals surface area contributed by atoms with Gasteiger partial charge in [-0.3, -0.25) is 14.4 Å². The number of hydrogen-bond donors (Lipinski definition) is 8. The minimum Gasteiger partial charge on any atom is -0.457 e. The van der Waals surface area contributed by atoms with E-state index < -0.39 is 183 Å². The molecule has 6 aliphatic heterocycles. The second-order valence-electron chi connectivity index (χ2n) is 23.0. The highest BCUT2D eigenvalue weighted by molar-refractivity contribution is 5.72. The van der Waals surface area contributed by atoms with E-state index in [1.165, 1.54) is 27.7 Å². The molecule has 6 saturated heterocycles. The summed E-state index contributed by atoms with van der Waals surface area (Å²) in [5.74, 6) is -3.38. The Labute approximate surface area is 470 Å². The Bertz CT molecular complexity index is 1880. The van der Waals surface area contributed by atoms with Crippen LogP contribution in [0, 0.1) is 11.8 Å². The number of unbranched alkanes of at least 4 members (excludes halogenated alkanes) is 2. The highest BCUT2D eigenvalue weighted by Gasteiger charge is 2.58. The molecule has 0 spiro atoms. The van der Waals surface area contributed by atoms with Crippen LogP contribution in [0.1, 0.15) is 166 Å². The van der Waals surface area contributed by atoms with Crippen molar-refractivity contribution in [3.05, 3.63) is 0 Å². The molecule has 6 rings (SSSR count). The SMILES string of the molecule is CCCCCC1CCCCCCCCCC(=O)OC2C(OC(C)C(OC3OC(C)C(OC4OC(C)C(OC(=O)C(C)CC)C(O)C4O)C(OC4OC(C)C(O)C(O)C4O)C3OC(=O)C(C)CC)C2O)OC2C(O1)OC(C)C(O)C2O. The number of carbonyl (C=O) groups is 3. The van der Waals surface area contributed by atoms with E-state index in [2.05, 4.69) is 6.92 Å². The van der Waals surface area contributed by atoms with Crippen LogP contribution >= 0.6 is 0 Å². The van der Waals surface area contributed by atoms with Gasteiger partial charge in [0.15, 0.2) is 49.8 Å². The lowest BCUT2D eigenvalue weighted by atomic mass is 9.95. The van der Waals surface area contributed by atoms with E-state index in [1.807, 2.05) is 0 Å². The maximum Gasteiger partial charge on any atom is 0.309 e. The first kappa shape index (κ1) is 66.8. The van der Waals surface area contributed by atoms with Gasteiger partial charge in [-0.15, -0.1) is 0 Å². The third kappa shape index (κ3) is 16.8. The first-order valence-corrected chi connectivity index (χ1v) is 29.6. The average Bonchev–Trinajstić information content (AvgIpc) is 3.42. The maximum absolute atomic E-state index is 14.0. The van der Waals surface area contributed by atoms with Gasteiger partial charge in [-0.1, -0.05) is 92.4 Å². The summed E-state index contributed by atoms with van der Waals surface area (Å²) in [6, 6.07) is 0. The minimum atomic E-state index is -1.91. The van der Waals surface area contributed by atoms with Crippen LogP contribution < -0.4 is 0 Å². The molecule has 80 heavy (non-hydrogen) atoms. The molecule has 0 aromatic rings. The summed E-state index contributed by atoms with van der Waals surface area (Å²) in [5.41, 5.74) is 0. The third-order valence-electron chi connectivity index (χ3n) is 16.7. The van der Waals surface area contributed by atoms with Crippen molar-refractivity contribution in [3.63, 3.8) is 0 Å². The van der Waals surface area contributed by atoms with Crippen molar-refractivity contribution in [3.8, 4) is 0 Å². The van der Waals surface area contributed by atoms with Crippen molar-refractivity contribution >= 4 is 17.9 Å². The van der Waals surface area contributed by atoms with E-state index >= 15 is 0 Å². The molecule has 0 radical (unpaired) electrons. The molecule has 6 fully saturated rings. The van der Waals surface area contributed by atoms with Gasteiger partial charge in [0.2, 0.25) is 0 Å². The van der Waals surface area contributed by atoms with Gasteiger partial charge in [0.25, 0.3) is 0 Å². The van der Waals surface area contributed by atoms with E-state index in [4.69, 9.17) is 61.6 Å². The van der Waals surface area contributed by atoms with Crippen molar-refractivity contribution in [2.45, 2.75) is 325 Å². The Hall–Kier alpha value is -2.31. The fourth-order valence-corrected chi connectivity index (χ4v) is 10.9. The van der Waals surface area contributed by atoms with Gasteiger partial charge in [0, 0.05) is 6.42 Å². The Morgan fingerprint density at radius 3 is 1.60 bits per heavy atom. The number of aliphatic hydroxyl groups excluding tert-OH is 8. The quantitative estimate of drug-likeness (QED) is 0.0625. The standard InChI is InChI=1S/C56H96O24/c1-11-14-20-23-33-24-21-18-16-15-17-19-22-25-34(57)74-47-42(65)44(31(9)71-55(47)79-46-38(61)36(59)29(7)69-54(46)73-33)77-56-49(76-51(67)27(5)13-3)48(80-52-40(63)37(60)35(58)28(6)68-52)45(32(10)72-56)78-53-41(64)39(62)43(30(8)70-53)75-50(66)26(4)12-2/h26-33,35-49,52-56,58-65H,11-25H2,1-10H3. The predicted molar refractivity (Wildman–Crippen MR) is 278 cm³/mol. The van der Waals surface area contributed by atoms with Crippen LogP contribution in [0.4, 0.5) is 0 Å². The van der Waals surface area contributed by atoms with Crippen LogP contribution in [-0.2, 0) is 76.0 Å². The van der Waals surface area contributed by atoms with Gasteiger partial charge in [-0.2, -0.15) is 0 Å². The molecule has 0 aliphatic carbocycles. The number of rotatable bonds is 16. The van der Waals surface area contributed by atoms with E-state index in [1.54, 1.807) is 34.6 Å². The number of aliphatic hydroxyl groups is 8. The molecule has 28 unspecified atom stereocenters. The van der Waals surface area contributed by atoms with E-state index in [-0.39, 0.29) is 12.5 Å². The van der Waals surface area contributed by atoms with Crippen LogP contribution in [0.25, 0.3) is 0 Å². The molecule has 0 aromatic carbocycles. The largest absolute Gasteiger partial charge is 0.457 e. The zero-order valence-corrected chi connectivity index (χ0v) is 48.4. The third-order valence-corrected chi connectivity index (χ3v) is 16.7. The van der Waals surface area contributed by atoms with Crippen molar-refractivity contribution in [1.29, 1.82) is 0 Å². The average molecular weight is 1150 g/mol. The molecule has 0 amide bonds. The lowest BCUT2D eigenvalue weighted by molar-refractivity contribution is -0.399. The Kier molecular flexibility index (Phi) is 26.1. The summed E-state index contributed by atoms with van der Waals surface area (Å²) in [6.07, 6.45) is -27.3. The van der Waals surface area contributed by atoms with Gasteiger partial charge < -0.3 is 102 Å². The molecular weight excluding hydrogens is 1060 g/mol. The van der Waals surface area contributed by atoms with Gasteiger partial charge in [0.1, 0.15) is 73.2 Å². The van der Waals surface area contributed by atoms with E-state index in [0.29, 0.717) is 25.7 Å². The van der Waals surface area contributed by atoms with Crippen LogP contribution in [0.3, 0.4) is 0 Å². The van der Waals surface area contributed by atoms with Gasteiger partial charge in [-0.25, -0.2) is 0 Å². The first-order valence-electron chi connectivity index (χ1n) is 29.6. The highest BCUT2D eigenvalue weighted by Crippen LogP contribution is 2.39. The van der Waals surface area contributed by atoms with Crippen LogP contribution in [-0.4, -0.2) is 218 Å². The molecule has 0 saturated carbocycles. The normalized spacial score (nSPS) is 44.6. The molecule has 24 nitrogen and oxygen atoms in total. The number of esters is 3.